The third kappa shape index (κ3) is 5.66. The number of nitrogens with one attached hydrogen (secondary N) is 1. The number of anilines is 1. The van der Waals surface area contributed by atoms with E-state index in [-0.39, 0.29) is 19.8 Å². The predicted octanol–water partition coefficient (Wildman–Crippen LogP) is 3.30. The summed E-state index contributed by atoms with van der Waals surface area (Å²) in [7, 11) is 0. The Morgan fingerprint density at radius 1 is 1.31 bits per heavy atom. The Morgan fingerprint density at radius 2 is 2.04 bits per heavy atom. The monoisotopic (exact) mass is 374 g/mol. The highest BCUT2D eigenvalue weighted by Gasteiger charge is 2.19. The first kappa shape index (κ1) is 19.6. The van der Waals surface area contributed by atoms with Crippen molar-refractivity contribution in [3.63, 3.8) is 0 Å². The molecule has 2 N–H and O–H groups in total. The van der Waals surface area contributed by atoms with Crippen molar-refractivity contribution < 1.29 is 19.4 Å². The van der Waals surface area contributed by atoms with E-state index in [2.05, 4.69) is 11.4 Å². The maximum Gasteiger partial charge on any atom is 0.302 e. The van der Waals surface area contributed by atoms with Gasteiger partial charge in [-0.15, -0.1) is 0 Å². The molecule has 136 valence electrons. The van der Waals surface area contributed by atoms with E-state index < -0.39 is 12.0 Å². The average molecular weight is 375 g/mol. The quantitative estimate of drug-likeness (QED) is 0.689. The summed E-state index contributed by atoms with van der Waals surface area (Å²) in [5.41, 5.74) is 1.98. The third-order valence-corrected chi connectivity index (χ3v) is 3.74. The molecule has 0 aliphatic rings. The lowest BCUT2D eigenvalue weighted by atomic mass is 10.1. The first-order valence-corrected chi connectivity index (χ1v) is 8.34. The number of aliphatic hydroxyl groups excluding tert-OH is 1. The van der Waals surface area contributed by atoms with E-state index in [1.165, 1.54) is 6.92 Å². The number of nitriles is 1. The van der Waals surface area contributed by atoms with Crippen LogP contribution in [-0.2, 0) is 9.53 Å². The Morgan fingerprint density at radius 3 is 2.65 bits per heavy atom. The number of esters is 1. The number of benzene rings is 2. The lowest BCUT2D eigenvalue weighted by Crippen LogP contribution is -2.20. The Labute approximate surface area is 156 Å². The lowest BCUT2D eigenvalue weighted by Gasteiger charge is -2.23. The van der Waals surface area contributed by atoms with Crippen molar-refractivity contribution in [1.29, 1.82) is 5.26 Å². The highest BCUT2D eigenvalue weighted by atomic mass is 35.5. The van der Waals surface area contributed by atoms with E-state index in [0.717, 1.165) is 5.69 Å². The van der Waals surface area contributed by atoms with Crippen molar-refractivity contribution in [2.24, 2.45) is 0 Å². The Kier molecular flexibility index (Phi) is 7.27. The Bertz CT molecular complexity index is 787. The van der Waals surface area contributed by atoms with Crippen molar-refractivity contribution in [1.82, 2.24) is 0 Å². The molecule has 7 heteroatoms. The van der Waals surface area contributed by atoms with E-state index in [1.54, 1.807) is 42.5 Å². The molecule has 6 nitrogen and oxygen atoms in total. The topological polar surface area (TPSA) is 91.6 Å². The van der Waals surface area contributed by atoms with Gasteiger partial charge in [0.05, 0.1) is 24.3 Å². The molecule has 0 saturated carbocycles. The van der Waals surface area contributed by atoms with Gasteiger partial charge in [0.25, 0.3) is 0 Å². The number of aliphatic hydroxyl groups is 1. The van der Waals surface area contributed by atoms with Gasteiger partial charge in [-0.2, -0.15) is 5.26 Å². The summed E-state index contributed by atoms with van der Waals surface area (Å²) in [4.78, 5) is 11.3. The van der Waals surface area contributed by atoms with Gasteiger partial charge in [-0.25, -0.2) is 0 Å². The van der Waals surface area contributed by atoms with Crippen molar-refractivity contribution >= 4 is 23.3 Å². The van der Waals surface area contributed by atoms with Crippen LogP contribution in [0, 0.1) is 11.3 Å². The zero-order chi connectivity index (χ0) is 18.9. The number of rotatable bonds is 8. The average Bonchev–Trinajstić information content (AvgIpc) is 2.64. The van der Waals surface area contributed by atoms with E-state index in [4.69, 9.17) is 31.4 Å². The smallest absolute Gasteiger partial charge is 0.302 e. The number of hydrogen-bond acceptors (Lipinski definition) is 6. The summed E-state index contributed by atoms with van der Waals surface area (Å²) in [5, 5.41) is 21.7. The van der Waals surface area contributed by atoms with Crippen LogP contribution in [0.4, 0.5) is 5.69 Å². The first-order valence-electron chi connectivity index (χ1n) is 7.96. The molecule has 0 aromatic heterocycles. The summed E-state index contributed by atoms with van der Waals surface area (Å²) in [6.45, 7) is 1.40. The predicted molar refractivity (Wildman–Crippen MR) is 98.2 cm³/mol. The maximum absolute atomic E-state index is 11.3. The van der Waals surface area contributed by atoms with E-state index in [0.29, 0.717) is 21.9 Å². The molecule has 2 aromatic carbocycles. The van der Waals surface area contributed by atoms with Crippen molar-refractivity contribution in [2.75, 3.05) is 25.1 Å². The van der Waals surface area contributed by atoms with Crippen LogP contribution in [0.15, 0.2) is 42.5 Å². The number of halogens is 1. The molecular formula is C19H19ClN2O4. The SMILES string of the molecule is CC(=O)OCC(Nc1ccc(C#N)cc1)c1cc(Cl)ccc1OCCO. The van der Waals surface area contributed by atoms with Gasteiger partial charge in [0, 0.05) is 23.2 Å². The van der Waals surface area contributed by atoms with Crippen LogP contribution in [0.5, 0.6) is 5.75 Å². The Balaban J connectivity index is 2.32. The van der Waals surface area contributed by atoms with Crippen molar-refractivity contribution in [3.8, 4) is 11.8 Å². The molecule has 2 rings (SSSR count). The summed E-state index contributed by atoms with van der Waals surface area (Å²) >= 11 is 6.12. The van der Waals surface area contributed by atoms with Gasteiger partial charge < -0.3 is 19.9 Å². The second-order valence-electron chi connectivity index (χ2n) is 5.44. The van der Waals surface area contributed by atoms with Crippen LogP contribution in [0.2, 0.25) is 5.02 Å². The molecule has 0 saturated heterocycles. The lowest BCUT2D eigenvalue weighted by molar-refractivity contribution is -0.141. The summed E-state index contributed by atoms with van der Waals surface area (Å²) in [5.74, 6) is 0.123. The fourth-order valence-corrected chi connectivity index (χ4v) is 2.51. The van der Waals surface area contributed by atoms with Crippen molar-refractivity contribution in [3.05, 3.63) is 58.6 Å². The van der Waals surface area contributed by atoms with Gasteiger partial charge in [0.2, 0.25) is 0 Å². The first-order chi connectivity index (χ1) is 12.5. The Hall–Kier alpha value is -2.75. The number of hydrogen-bond donors (Lipinski definition) is 2. The number of carbonyl (C=O) groups excluding carboxylic acids is 1. The number of ether oxygens (including phenoxy) is 2. The largest absolute Gasteiger partial charge is 0.491 e. The van der Waals surface area contributed by atoms with Gasteiger partial charge >= 0.3 is 5.97 Å². The molecule has 0 fully saturated rings. The molecule has 0 heterocycles. The molecule has 1 unspecified atom stereocenters. The van der Waals surface area contributed by atoms with Crippen LogP contribution in [0.3, 0.4) is 0 Å². The molecule has 0 aliphatic carbocycles. The number of nitrogens with zero attached hydrogens (tertiary/aromatic N) is 1. The standard InChI is InChI=1S/C19H19ClN2O4/c1-13(24)26-12-18(22-16-5-2-14(11-21)3-6-16)17-10-15(20)4-7-19(17)25-9-8-23/h2-7,10,18,22-23H,8-9,12H2,1H3. The van der Waals surface area contributed by atoms with E-state index in [9.17, 15) is 4.79 Å². The van der Waals surface area contributed by atoms with Crippen LogP contribution in [0.1, 0.15) is 24.1 Å². The highest BCUT2D eigenvalue weighted by Crippen LogP contribution is 2.31. The maximum atomic E-state index is 11.3. The van der Waals surface area contributed by atoms with Gasteiger partial charge in [0.1, 0.15) is 19.0 Å². The van der Waals surface area contributed by atoms with Gasteiger partial charge in [0.15, 0.2) is 0 Å². The number of carbonyl (C=O) groups is 1. The fraction of sp³-hybridized carbons (Fsp3) is 0.263. The van der Waals surface area contributed by atoms with Crippen LogP contribution >= 0.6 is 11.6 Å². The van der Waals surface area contributed by atoms with Gasteiger partial charge in [-0.3, -0.25) is 4.79 Å². The molecule has 26 heavy (non-hydrogen) atoms. The summed E-state index contributed by atoms with van der Waals surface area (Å²) < 4.78 is 10.7. The second-order valence-corrected chi connectivity index (χ2v) is 5.88. The highest BCUT2D eigenvalue weighted by molar-refractivity contribution is 6.30. The van der Waals surface area contributed by atoms with Crippen LogP contribution in [0.25, 0.3) is 0 Å². The molecule has 0 amide bonds. The van der Waals surface area contributed by atoms with E-state index in [1.807, 2.05) is 0 Å². The van der Waals surface area contributed by atoms with Gasteiger partial charge in [-0.05, 0) is 42.5 Å². The second kappa shape index (κ2) is 9.66. The molecule has 1 atom stereocenters. The molecular weight excluding hydrogens is 356 g/mol. The van der Waals surface area contributed by atoms with E-state index >= 15 is 0 Å². The minimum Gasteiger partial charge on any atom is -0.491 e. The zero-order valence-electron chi connectivity index (χ0n) is 14.2. The minimum atomic E-state index is -0.431. The third-order valence-electron chi connectivity index (χ3n) is 3.50. The normalized spacial score (nSPS) is 11.3. The molecule has 0 aliphatic heterocycles. The fourth-order valence-electron chi connectivity index (χ4n) is 2.33. The zero-order valence-corrected chi connectivity index (χ0v) is 15.0. The minimum absolute atomic E-state index is 0.0607. The van der Waals surface area contributed by atoms with Gasteiger partial charge in [-0.1, -0.05) is 11.6 Å². The summed E-state index contributed by atoms with van der Waals surface area (Å²) in [6, 6.07) is 13.6. The molecule has 0 spiro atoms. The molecule has 0 radical (unpaired) electrons. The van der Waals surface area contributed by atoms with Crippen molar-refractivity contribution in [2.45, 2.75) is 13.0 Å². The molecule has 0 bridgehead atoms. The molecule has 2 aromatic rings. The summed E-state index contributed by atoms with van der Waals surface area (Å²) in [6.07, 6.45) is 0. The van der Waals surface area contributed by atoms with Crippen LogP contribution in [-0.4, -0.2) is 30.9 Å². The van der Waals surface area contributed by atoms with Crippen LogP contribution < -0.4 is 10.1 Å².